The summed E-state index contributed by atoms with van der Waals surface area (Å²) in [5, 5.41) is 11.2. The van der Waals surface area contributed by atoms with E-state index in [1.54, 1.807) is 6.20 Å². The van der Waals surface area contributed by atoms with E-state index in [0.29, 0.717) is 5.95 Å². The molecule has 0 amide bonds. The summed E-state index contributed by atoms with van der Waals surface area (Å²) in [5.41, 5.74) is 0. The van der Waals surface area contributed by atoms with Crippen LogP contribution in [0.25, 0.3) is 0 Å². The minimum Gasteiger partial charge on any atom is -0.355 e. The van der Waals surface area contributed by atoms with Crippen molar-refractivity contribution in [2.24, 2.45) is 0 Å². The molecule has 0 aromatic carbocycles. The normalized spacial score (nSPS) is 15.9. The molecule has 2 rings (SSSR count). The SMILES string of the molecule is CCCCNc1nncc(N2CCCCC2)n1. The van der Waals surface area contributed by atoms with E-state index in [0.717, 1.165) is 31.9 Å². The van der Waals surface area contributed by atoms with Crippen LogP contribution in [0, 0.1) is 0 Å². The Bertz CT molecular complexity index is 335. The highest BCUT2D eigenvalue weighted by molar-refractivity contribution is 5.40. The van der Waals surface area contributed by atoms with Gasteiger partial charge in [0.05, 0.1) is 6.20 Å². The minimum atomic E-state index is 0.654. The average molecular weight is 235 g/mol. The van der Waals surface area contributed by atoms with Crippen LogP contribution in [0.1, 0.15) is 39.0 Å². The molecule has 1 aromatic rings. The molecule has 1 aromatic heterocycles. The number of nitrogens with one attached hydrogen (secondary N) is 1. The second kappa shape index (κ2) is 6.37. The van der Waals surface area contributed by atoms with Crippen molar-refractivity contribution in [2.75, 3.05) is 29.9 Å². The first-order valence-corrected chi connectivity index (χ1v) is 6.58. The van der Waals surface area contributed by atoms with Gasteiger partial charge in [0.15, 0.2) is 5.82 Å². The zero-order chi connectivity index (χ0) is 11.9. The highest BCUT2D eigenvalue weighted by atomic mass is 15.3. The van der Waals surface area contributed by atoms with E-state index in [2.05, 4.69) is 32.3 Å². The second-order valence-electron chi connectivity index (χ2n) is 4.47. The summed E-state index contributed by atoms with van der Waals surface area (Å²) in [7, 11) is 0. The van der Waals surface area contributed by atoms with Crippen molar-refractivity contribution in [2.45, 2.75) is 39.0 Å². The molecule has 5 heteroatoms. The molecule has 17 heavy (non-hydrogen) atoms. The Morgan fingerprint density at radius 1 is 1.29 bits per heavy atom. The van der Waals surface area contributed by atoms with Crippen molar-refractivity contribution in [3.05, 3.63) is 6.20 Å². The van der Waals surface area contributed by atoms with Gasteiger partial charge in [-0.15, -0.1) is 5.10 Å². The maximum absolute atomic E-state index is 4.51. The van der Waals surface area contributed by atoms with Gasteiger partial charge in [-0.1, -0.05) is 13.3 Å². The number of hydrogen-bond donors (Lipinski definition) is 1. The van der Waals surface area contributed by atoms with E-state index in [9.17, 15) is 0 Å². The number of aromatic nitrogens is 3. The van der Waals surface area contributed by atoms with Crippen LogP contribution in [-0.2, 0) is 0 Å². The summed E-state index contributed by atoms with van der Waals surface area (Å²) in [6.07, 6.45) is 7.90. The maximum Gasteiger partial charge on any atom is 0.244 e. The number of hydrogen-bond acceptors (Lipinski definition) is 5. The van der Waals surface area contributed by atoms with Gasteiger partial charge in [0.1, 0.15) is 0 Å². The van der Waals surface area contributed by atoms with Gasteiger partial charge < -0.3 is 10.2 Å². The fourth-order valence-electron chi connectivity index (χ4n) is 2.02. The smallest absolute Gasteiger partial charge is 0.244 e. The Kier molecular flexibility index (Phi) is 4.53. The molecule has 0 atom stereocenters. The van der Waals surface area contributed by atoms with Crippen molar-refractivity contribution in [1.82, 2.24) is 15.2 Å². The topological polar surface area (TPSA) is 53.9 Å². The van der Waals surface area contributed by atoms with E-state index in [1.807, 2.05) is 0 Å². The highest BCUT2D eigenvalue weighted by Crippen LogP contribution is 2.16. The quantitative estimate of drug-likeness (QED) is 0.792. The Morgan fingerprint density at radius 2 is 2.12 bits per heavy atom. The Morgan fingerprint density at radius 3 is 2.88 bits per heavy atom. The number of unbranched alkanes of at least 4 members (excludes halogenated alkanes) is 1. The van der Waals surface area contributed by atoms with Gasteiger partial charge in [-0.25, -0.2) is 0 Å². The van der Waals surface area contributed by atoms with Crippen molar-refractivity contribution in [1.29, 1.82) is 0 Å². The van der Waals surface area contributed by atoms with Crippen LogP contribution >= 0.6 is 0 Å². The largest absolute Gasteiger partial charge is 0.355 e. The molecule has 1 aliphatic heterocycles. The van der Waals surface area contributed by atoms with E-state index < -0.39 is 0 Å². The molecule has 0 saturated carbocycles. The minimum absolute atomic E-state index is 0.654. The molecule has 2 heterocycles. The molecule has 5 nitrogen and oxygen atoms in total. The Balaban J connectivity index is 1.95. The molecule has 0 aliphatic carbocycles. The fraction of sp³-hybridized carbons (Fsp3) is 0.750. The van der Waals surface area contributed by atoms with Crippen LogP contribution in [0.15, 0.2) is 6.20 Å². The average Bonchev–Trinajstić information content (AvgIpc) is 2.41. The lowest BCUT2D eigenvalue weighted by Crippen LogP contribution is -2.30. The molecule has 1 fully saturated rings. The zero-order valence-electron chi connectivity index (χ0n) is 10.5. The van der Waals surface area contributed by atoms with Crippen molar-refractivity contribution in [3.63, 3.8) is 0 Å². The molecular formula is C12H21N5. The Labute approximate surface area is 103 Å². The third kappa shape index (κ3) is 3.54. The van der Waals surface area contributed by atoms with Crippen LogP contribution in [0.2, 0.25) is 0 Å². The number of rotatable bonds is 5. The second-order valence-corrected chi connectivity index (χ2v) is 4.47. The van der Waals surface area contributed by atoms with Crippen LogP contribution < -0.4 is 10.2 Å². The highest BCUT2D eigenvalue weighted by Gasteiger charge is 2.13. The van der Waals surface area contributed by atoms with Crippen molar-refractivity contribution in [3.8, 4) is 0 Å². The molecule has 0 unspecified atom stereocenters. The molecule has 0 bridgehead atoms. The van der Waals surface area contributed by atoms with Gasteiger partial charge in [-0.3, -0.25) is 0 Å². The van der Waals surface area contributed by atoms with Gasteiger partial charge in [0.2, 0.25) is 5.95 Å². The molecule has 0 radical (unpaired) electrons. The molecule has 0 spiro atoms. The van der Waals surface area contributed by atoms with Gasteiger partial charge in [0, 0.05) is 19.6 Å². The predicted octanol–water partition coefficient (Wildman–Crippen LogP) is 2.07. The number of nitrogens with zero attached hydrogens (tertiary/aromatic N) is 4. The molecular weight excluding hydrogens is 214 g/mol. The van der Waals surface area contributed by atoms with Crippen LogP contribution in [0.4, 0.5) is 11.8 Å². The molecule has 1 N–H and O–H groups in total. The first-order valence-electron chi connectivity index (χ1n) is 6.58. The summed E-state index contributed by atoms with van der Waals surface area (Å²) in [5.74, 6) is 1.61. The molecule has 94 valence electrons. The van der Waals surface area contributed by atoms with Gasteiger partial charge in [-0.05, 0) is 25.7 Å². The van der Waals surface area contributed by atoms with Crippen molar-refractivity contribution >= 4 is 11.8 Å². The maximum atomic E-state index is 4.51. The Hall–Kier alpha value is -1.39. The lowest BCUT2D eigenvalue weighted by Gasteiger charge is -2.27. The third-order valence-electron chi connectivity index (χ3n) is 3.04. The lowest BCUT2D eigenvalue weighted by molar-refractivity contribution is 0.572. The first kappa shape index (κ1) is 12.1. The number of piperidine rings is 1. The van der Waals surface area contributed by atoms with E-state index in [-0.39, 0.29) is 0 Å². The van der Waals surface area contributed by atoms with Crippen LogP contribution in [0.5, 0.6) is 0 Å². The molecule has 1 saturated heterocycles. The van der Waals surface area contributed by atoms with Crippen LogP contribution in [0.3, 0.4) is 0 Å². The van der Waals surface area contributed by atoms with Gasteiger partial charge in [-0.2, -0.15) is 10.1 Å². The summed E-state index contributed by atoms with van der Waals surface area (Å²) in [6, 6.07) is 0. The van der Waals surface area contributed by atoms with Crippen molar-refractivity contribution < 1.29 is 0 Å². The predicted molar refractivity (Wildman–Crippen MR) is 69.3 cm³/mol. The fourth-order valence-corrected chi connectivity index (χ4v) is 2.02. The summed E-state index contributed by atoms with van der Waals surface area (Å²) >= 11 is 0. The summed E-state index contributed by atoms with van der Waals surface area (Å²) in [6.45, 7) is 5.27. The zero-order valence-corrected chi connectivity index (χ0v) is 10.5. The van der Waals surface area contributed by atoms with E-state index in [4.69, 9.17) is 0 Å². The summed E-state index contributed by atoms with van der Waals surface area (Å²) in [4.78, 5) is 6.80. The van der Waals surface area contributed by atoms with E-state index >= 15 is 0 Å². The van der Waals surface area contributed by atoms with Gasteiger partial charge in [0.25, 0.3) is 0 Å². The third-order valence-corrected chi connectivity index (χ3v) is 3.04. The first-order chi connectivity index (χ1) is 8.40. The monoisotopic (exact) mass is 235 g/mol. The van der Waals surface area contributed by atoms with E-state index in [1.165, 1.54) is 25.7 Å². The van der Waals surface area contributed by atoms with Gasteiger partial charge >= 0.3 is 0 Å². The standard InChI is InChI=1S/C12H21N5/c1-2-3-7-13-12-15-11(10-14-16-12)17-8-5-4-6-9-17/h10H,2-9H2,1H3,(H,13,15,16). The molecule has 1 aliphatic rings. The lowest BCUT2D eigenvalue weighted by atomic mass is 10.1. The summed E-state index contributed by atoms with van der Waals surface area (Å²) < 4.78 is 0. The van der Waals surface area contributed by atoms with Crippen LogP contribution in [-0.4, -0.2) is 34.8 Å². The number of anilines is 2.